The molecular formula is C10H16N2O2. The number of hydrogen-bond acceptors (Lipinski definition) is 3. The first-order valence-corrected chi connectivity index (χ1v) is 5.22. The van der Waals surface area contributed by atoms with Crippen LogP contribution < -0.4 is 0 Å². The van der Waals surface area contributed by atoms with E-state index in [0.717, 1.165) is 19.4 Å². The quantitative estimate of drug-likeness (QED) is 0.682. The molecule has 0 aromatic heterocycles. The Bertz CT molecular complexity index is 261. The molecular weight excluding hydrogens is 180 g/mol. The Labute approximate surface area is 83.7 Å². The van der Waals surface area contributed by atoms with Gasteiger partial charge in [0.25, 0.3) is 0 Å². The summed E-state index contributed by atoms with van der Waals surface area (Å²) in [7, 11) is 0. The summed E-state index contributed by atoms with van der Waals surface area (Å²) in [5.74, 6) is 0.766. The first kappa shape index (κ1) is 9.65. The Morgan fingerprint density at radius 2 is 2.36 bits per heavy atom. The molecule has 0 spiro atoms. The molecule has 0 radical (unpaired) electrons. The first-order valence-electron chi connectivity index (χ1n) is 5.22. The van der Waals surface area contributed by atoms with Crippen LogP contribution in [-0.4, -0.2) is 35.9 Å². The fourth-order valence-corrected chi connectivity index (χ4v) is 1.94. The van der Waals surface area contributed by atoms with Gasteiger partial charge in [0.1, 0.15) is 5.84 Å². The van der Waals surface area contributed by atoms with Crippen molar-refractivity contribution in [2.75, 3.05) is 13.2 Å². The van der Waals surface area contributed by atoms with Crippen molar-refractivity contribution in [2.45, 2.75) is 32.3 Å². The molecule has 2 rings (SSSR count). The summed E-state index contributed by atoms with van der Waals surface area (Å²) in [6.45, 7) is 3.43. The molecule has 2 heterocycles. The Morgan fingerprint density at radius 3 is 2.93 bits per heavy atom. The number of carbonyl (C=O) groups excluding carboxylic acids is 1. The average Bonchev–Trinajstić information content (AvgIpc) is 2.91. The van der Waals surface area contributed by atoms with E-state index in [1.165, 1.54) is 0 Å². The van der Waals surface area contributed by atoms with Crippen LogP contribution >= 0.6 is 0 Å². The van der Waals surface area contributed by atoms with E-state index in [1.54, 1.807) is 4.90 Å². The maximum absolute atomic E-state index is 11.6. The Morgan fingerprint density at radius 1 is 1.64 bits per heavy atom. The van der Waals surface area contributed by atoms with Gasteiger partial charge in [-0.1, -0.05) is 13.3 Å². The normalized spacial score (nSPS) is 31.4. The minimum absolute atomic E-state index is 0.101. The molecule has 2 fully saturated rings. The molecule has 2 aliphatic rings. The Kier molecular flexibility index (Phi) is 2.54. The minimum atomic E-state index is 0.101. The van der Waals surface area contributed by atoms with Crippen LogP contribution in [0.15, 0.2) is 0 Å². The largest absolute Gasteiger partial charge is 0.371 e. The van der Waals surface area contributed by atoms with Crippen LogP contribution in [0.3, 0.4) is 0 Å². The summed E-state index contributed by atoms with van der Waals surface area (Å²) in [5, 5.41) is 7.87. The SMILES string of the molecule is CCCC1CC(=O)N(CC2CO2)C1=N. The number of hydrogen-bond donors (Lipinski definition) is 1. The molecule has 1 amide bonds. The van der Waals surface area contributed by atoms with Gasteiger partial charge in [0.2, 0.25) is 5.91 Å². The first-order chi connectivity index (χ1) is 6.72. The molecule has 14 heavy (non-hydrogen) atoms. The van der Waals surface area contributed by atoms with Crippen LogP contribution in [0.4, 0.5) is 0 Å². The number of amides is 1. The topological polar surface area (TPSA) is 56.7 Å². The third-order valence-electron chi connectivity index (χ3n) is 2.83. The van der Waals surface area contributed by atoms with Gasteiger partial charge in [0.15, 0.2) is 0 Å². The summed E-state index contributed by atoms with van der Waals surface area (Å²) in [6, 6.07) is 0. The number of nitrogens with one attached hydrogen (secondary N) is 1. The number of rotatable bonds is 4. The van der Waals surface area contributed by atoms with E-state index in [0.29, 0.717) is 18.8 Å². The van der Waals surface area contributed by atoms with E-state index in [2.05, 4.69) is 6.92 Å². The minimum Gasteiger partial charge on any atom is -0.371 e. The molecule has 2 atom stereocenters. The number of carbonyl (C=O) groups is 1. The second-order valence-electron chi connectivity index (χ2n) is 4.03. The van der Waals surface area contributed by atoms with Crippen molar-refractivity contribution in [1.82, 2.24) is 4.90 Å². The zero-order chi connectivity index (χ0) is 10.1. The van der Waals surface area contributed by atoms with Crippen LogP contribution in [0.25, 0.3) is 0 Å². The van der Waals surface area contributed by atoms with E-state index < -0.39 is 0 Å². The van der Waals surface area contributed by atoms with E-state index in [-0.39, 0.29) is 17.9 Å². The van der Waals surface area contributed by atoms with Crippen LogP contribution in [0, 0.1) is 11.3 Å². The van der Waals surface area contributed by atoms with Gasteiger partial charge in [-0.15, -0.1) is 0 Å². The number of amidine groups is 1. The van der Waals surface area contributed by atoms with Gasteiger partial charge in [0, 0.05) is 12.3 Å². The highest BCUT2D eigenvalue weighted by atomic mass is 16.6. The summed E-state index contributed by atoms with van der Waals surface area (Å²) >= 11 is 0. The van der Waals surface area contributed by atoms with Gasteiger partial charge in [-0.3, -0.25) is 15.1 Å². The lowest BCUT2D eigenvalue weighted by atomic mass is 10.0. The lowest BCUT2D eigenvalue weighted by Gasteiger charge is -2.15. The predicted octanol–water partition coefficient (Wildman–Crippen LogP) is 1.01. The Balaban J connectivity index is 1.95. The smallest absolute Gasteiger partial charge is 0.228 e. The number of epoxide rings is 1. The lowest BCUT2D eigenvalue weighted by molar-refractivity contribution is -0.126. The summed E-state index contributed by atoms with van der Waals surface area (Å²) < 4.78 is 5.07. The summed E-state index contributed by atoms with van der Waals surface area (Å²) in [4.78, 5) is 13.2. The van der Waals surface area contributed by atoms with Crippen molar-refractivity contribution in [1.29, 1.82) is 5.41 Å². The van der Waals surface area contributed by atoms with Crippen molar-refractivity contribution < 1.29 is 9.53 Å². The highest BCUT2D eigenvalue weighted by Crippen LogP contribution is 2.25. The van der Waals surface area contributed by atoms with Crippen LogP contribution in [0.1, 0.15) is 26.2 Å². The van der Waals surface area contributed by atoms with Gasteiger partial charge < -0.3 is 4.74 Å². The van der Waals surface area contributed by atoms with E-state index in [1.807, 2.05) is 0 Å². The number of ether oxygens (including phenoxy) is 1. The number of likely N-dealkylation sites (tertiary alicyclic amines) is 1. The highest BCUT2D eigenvalue weighted by Gasteiger charge is 2.38. The fourth-order valence-electron chi connectivity index (χ4n) is 1.94. The molecule has 0 aromatic rings. The van der Waals surface area contributed by atoms with Crippen LogP contribution in [0.2, 0.25) is 0 Å². The molecule has 4 heteroatoms. The molecule has 0 bridgehead atoms. The van der Waals surface area contributed by atoms with Gasteiger partial charge in [-0.2, -0.15) is 0 Å². The second-order valence-corrected chi connectivity index (χ2v) is 4.03. The van der Waals surface area contributed by atoms with Crippen molar-refractivity contribution in [2.24, 2.45) is 5.92 Å². The van der Waals surface area contributed by atoms with Crippen LogP contribution in [0.5, 0.6) is 0 Å². The second kappa shape index (κ2) is 3.69. The molecule has 2 saturated heterocycles. The average molecular weight is 196 g/mol. The van der Waals surface area contributed by atoms with Gasteiger partial charge in [-0.25, -0.2) is 0 Å². The molecule has 78 valence electrons. The highest BCUT2D eigenvalue weighted by molar-refractivity contribution is 6.04. The molecule has 0 saturated carbocycles. The molecule has 4 nitrogen and oxygen atoms in total. The van der Waals surface area contributed by atoms with E-state index >= 15 is 0 Å². The zero-order valence-electron chi connectivity index (χ0n) is 8.45. The summed E-state index contributed by atoms with van der Waals surface area (Å²) in [6.07, 6.45) is 2.71. The molecule has 0 aromatic carbocycles. The Hall–Kier alpha value is -0.900. The third kappa shape index (κ3) is 1.80. The molecule has 2 aliphatic heterocycles. The van der Waals surface area contributed by atoms with Gasteiger partial charge in [0.05, 0.1) is 19.3 Å². The standard InChI is InChI=1S/C10H16N2O2/c1-2-3-7-4-9(13)12(10(7)11)5-8-6-14-8/h7-8,11H,2-6H2,1H3. The van der Waals surface area contributed by atoms with E-state index in [4.69, 9.17) is 10.1 Å². The molecule has 1 N–H and O–H groups in total. The third-order valence-corrected chi connectivity index (χ3v) is 2.83. The van der Waals surface area contributed by atoms with Crippen LogP contribution in [-0.2, 0) is 9.53 Å². The molecule has 0 aliphatic carbocycles. The summed E-state index contributed by atoms with van der Waals surface area (Å²) in [5.41, 5.74) is 0. The number of nitrogens with zero attached hydrogens (tertiary/aromatic N) is 1. The monoisotopic (exact) mass is 196 g/mol. The fraction of sp³-hybridized carbons (Fsp3) is 0.800. The van der Waals surface area contributed by atoms with Crippen molar-refractivity contribution in [3.8, 4) is 0 Å². The zero-order valence-corrected chi connectivity index (χ0v) is 8.45. The van der Waals surface area contributed by atoms with Gasteiger partial charge in [-0.05, 0) is 6.42 Å². The predicted molar refractivity (Wildman–Crippen MR) is 52.2 cm³/mol. The van der Waals surface area contributed by atoms with Gasteiger partial charge >= 0.3 is 0 Å². The maximum Gasteiger partial charge on any atom is 0.228 e. The molecule has 2 unspecified atom stereocenters. The van der Waals surface area contributed by atoms with Crippen molar-refractivity contribution in [3.63, 3.8) is 0 Å². The van der Waals surface area contributed by atoms with Crippen molar-refractivity contribution in [3.05, 3.63) is 0 Å². The van der Waals surface area contributed by atoms with Crippen molar-refractivity contribution >= 4 is 11.7 Å². The van der Waals surface area contributed by atoms with E-state index in [9.17, 15) is 4.79 Å². The lowest BCUT2D eigenvalue weighted by Crippen LogP contribution is -2.33. The maximum atomic E-state index is 11.6.